The Labute approximate surface area is 129 Å². The molecule has 4 nitrogen and oxygen atoms in total. The molecule has 0 saturated carbocycles. The highest BCUT2D eigenvalue weighted by atomic mass is 19.2. The van der Waals surface area contributed by atoms with Crippen LogP contribution in [0.15, 0.2) is 36.4 Å². The Bertz CT molecular complexity index is 791. The third-order valence-corrected chi connectivity index (χ3v) is 3.53. The molecule has 0 aliphatic carbocycles. The average molecular weight is 320 g/mol. The number of hydrogen-bond acceptors (Lipinski definition) is 3. The second kappa shape index (κ2) is 5.75. The summed E-state index contributed by atoms with van der Waals surface area (Å²) >= 11 is 0. The fraction of sp³-hybridized carbons (Fsp3) is 0.125. The van der Waals surface area contributed by atoms with Crippen LogP contribution in [0.1, 0.15) is 10.4 Å². The van der Waals surface area contributed by atoms with Gasteiger partial charge in [0.1, 0.15) is 5.82 Å². The smallest absolute Gasteiger partial charge is 0.246 e. The first-order valence-corrected chi connectivity index (χ1v) is 6.78. The van der Waals surface area contributed by atoms with Crippen LogP contribution in [0.5, 0.6) is 0 Å². The Morgan fingerprint density at radius 2 is 1.74 bits per heavy atom. The number of fused-ring (bicyclic) bond motifs is 1. The number of carbonyl (C=O) groups is 2. The van der Waals surface area contributed by atoms with E-state index in [-0.39, 0.29) is 30.0 Å². The molecule has 3 rings (SSSR count). The van der Waals surface area contributed by atoms with Gasteiger partial charge in [-0.05, 0) is 24.3 Å². The number of nitrogens with one attached hydrogen (secondary N) is 1. The number of amides is 1. The average Bonchev–Trinajstić information content (AvgIpc) is 2.52. The van der Waals surface area contributed by atoms with E-state index in [0.29, 0.717) is 0 Å². The lowest BCUT2D eigenvalue weighted by atomic mass is 10.1. The number of benzene rings is 2. The van der Waals surface area contributed by atoms with Gasteiger partial charge in [-0.1, -0.05) is 0 Å². The predicted octanol–water partition coefficient (Wildman–Crippen LogP) is 2.75. The van der Waals surface area contributed by atoms with E-state index in [1.165, 1.54) is 12.1 Å². The van der Waals surface area contributed by atoms with E-state index >= 15 is 0 Å². The molecule has 118 valence electrons. The van der Waals surface area contributed by atoms with Crippen LogP contribution < -0.4 is 10.2 Å². The molecule has 0 spiro atoms. The summed E-state index contributed by atoms with van der Waals surface area (Å²) in [6, 6.07) is 6.68. The predicted molar refractivity (Wildman–Crippen MR) is 77.9 cm³/mol. The minimum absolute atomic E-state index is 0.0932. The first-order chi connectivity index (χ1) is 11.0. The molecule has 0 bridgehead atoms. The SMILES string of the molecule is O=C(CN1C(=O)CNc2cc(F)c(F)cc21)c1ccc(F)cc1. The number of Topliss-reactive ketones (excluding diaryl/α,β-unsaturated/α-hetero) is 1. The van der Waals surface area contributed by atoms with E-state index in [0.717, 1.165) is 29.2 Å². The first-order valence-electron chi connectivity index (χ1n) is 6.78. The van der Waals surface area contributed by atoms with Gasteiger partial charge in [0, 0.05) is 17.7 Å². The number of rotatable bonds is 3. The number of hydrogen-bond donors (Lipinski definition) is 1. The minimum atomic E-state index is -1.11. The summed E-state index contributed by atoms with van der Waals surface area (Å²) in [7, 11) is 0. The zero-order valence-electron chi connectivity index (χ0n) is 11.8. The van der Waals surface area contributed by atoms with Crippen molar-refractivity contribution in [2.24, 2.45) is 0 Å². The molecule has 0 aromatic heterocycles. The van der Waals surface area contributed by atoms with Crippen LogP contribution in [0.4, 0.5) is 24.5 Å². The van der Waals surface area contributed by atoms with Crippen molar-refractivity contribution >= 4 is 23.1 Å². The minimum Gasteiger partial charge on any atom is -0.374 e. The number of anilines is 2. The fourth-order valence-electron chi connectivity index (χ4n) is 2.35. The molecule has 1 N–H and O–H groups in total. The molecule has 23 heavy (non-hydrogen) atoms. The van der Waals surface area contributed by atoms with Crippen molar-refractivity contribution in [1.29, 1.82) is 0 Å². The number of carbonyl (C=O) groups excluding carboxylic acids is 2. The van der Waals surface area contributed by atoms with Crippen LogP contribution >= 0.6 is 0 Å². The highest BCUT2D eigenvalue weighted by Crippen LogP contribution is 2.31. The van der Waals surface area contributed by atoms with Gasteiger partial charge in [0.15, 0.2) is 17.4 Å². The molecule has 1 heterocycles. The number of ketones is 1. The summed E-state index contributed by atoms with van der Waals surface area (Å²) in [5, 5.41) is 2.67. The number of halogens is 3. The lowest BCUT2D eigenvalue weighted by molar-refractivity contribution is -0.117. The zero-order valence-corrected chi connectivity index (χ0v) is 11.8. The van der Waals surface area contributed by atoms with Gasteiger partial charge in [-0.3, -0.25) is 9.59 Å². The number of nitrogens with zero attached hydrogens (tertiary/aromatic N) is 1. The maximum absolute atomic E-state index is 13.4. The Kier molecular flexibility index (Phi) is 3.77. The first kappa shape index (κ1) is 15.1. The van der Waals surface area contributed by atoms with Crippen molar-refractivity contribution in [3.05, 3.63) is 59.4 Å². The van der Waals surface area contributed by atoms with Crippen LogP contribution in [0.2, 0.25) is 0 Å². The fourth-order valence-corrected chi connectivity index (χ4v) is 2.35. The van der Waals surface area contributed by atoms with Gasteiger partial charge in [0.05, 0.1) is 24.5 Å². The Balaban J connectivity index is 1.91. The molecule has 0 radical (unpaired) electrons. The topological polar surface area (TPSA) is 49.4 Å². The molecular formula is C16H11F3N2O2. The second-order valence-corrected chi connectivity index (χ2v) is 5.05. The lowest BCUT2D eigenvalue weighted by Crippen LogP contribution is -2.43. The molecule has 0 unspecified atom stereocenters. The van der Waals surface area contributed by atoms with E-state index in [2.05, 4.69) is 5.32 Å². The molecule has 0 atom stereocenters. The summed E-state index contributed by atoms with van der Waals surface area (Å²) in [5.74, 6) is -3.52. The second-order valence-electron chi connectivity index (χ2n) is 5.05. The Morgan fingerprint density at radius 1 is 1.09 bits per heavy atom. The van der Waals surface area contributed by atoms with E-state index in [1.54, 1.807) is 0 Å². The van der Waals surface area contributed by atoms with E-state index in [1.807, 2.05) is 0 Å². The summed E-state index contributed by atoms with van der Waals surface area (Å²) in [5.41, 5.74) is 0.549. The van der Waals surface area contributed by atoms with Crippen LogP contribution in [-0.4, -0.2) is 24.8 Å². The van der Waals surface area contributed by atoms with Gasteiger partial charge in [-0.15, -0.1) is 0 Å². The quantitative estimate of drug-likeness (QED) is 0.885. The highest BCUT2D eigenvalue weighted by molar-refractivity contribution is 6.09. The van der Waals surface area contributed by atoms with Gasteiger partial charge in [0.25, 0.3) is 0 Å². The normalized spacial score (nSPS) is 13.5. The Morgan fingerprint density at radius 3 is 2.43 bits per heavy atom. The van der Waals surface area contributed by atoms with Crippen molar-refractivity contribution < 1.29 is 22.8 Å². The monoisotopic (exact) mass is 320 g/mol. The third kappa shape index (κ3) is 2.90. The zero-order chi connectivity index (χ0) is 16.6. The summed E-state index contributed by atoms with van der Waals surface area (Å²) in [6.07, 6.45) is 0. The maximum atomic E-state index is 13.4. The summed E-state index contributed by atoms with van der Waals surface area (Å²) < 4.78 is 39.6. The molecule has 2 aromatic carbocycles. The molecule has 7 heteroatoms. The lowest BCUT2D eigenvalue weighted by Gasteiger charge is -2.29. The largest absolute Gasteiger partial charge is 0.374 e. The van der Waals surface area contributed by atoms with E-state index in [9.17, 15) is 22.8 Å². The molecule has 0 fully saturated rings. The van der Waals surface area contributed by atoms with Crippen LogP contribution in [0.3, 0.4) is 0 Å². The van der Waals surface area contributed by atoms with Gasteiger partial charge in [-0.25, -0.2) is 13.2 Å². The molecule has 1 aliphatic heterocycles. The standard InChI is InChI=1S/C16H11F3N2O2/c17-10-3-1-9(2-4-10)15(22)8-21-14-6-12(19)11(18)5-13(14)20-7-16(21)23/h1-6,20H,7-8H2. The van der Waals surface area contributed by atoms with E-state index < -0.39 is 29.1 Å². The van der Waals surface area contributed by atoms with Crippen molar-refractivity contribution in [2.45, 2.75) is 0 Å². The van der Waals surface area contributed by atoms with Gasteiger partial charge in [-0.2, -0.15) is 0 Å². The summed E-state index contributed by atoms with van der Waals surface area (Å²) in [4.78, 5) is 25.3. The van der Waals surface area contributed by atoms with Crippen molar-refractivity contribution in [3.63, 3.8) is 0 Å². The molecule has 1 amide bonds. The third-order valence-electron chi connectivity index (χ3n) is 3.53. The summed E-state index contributed by atoms with van der Waals surface area (Å²) in [6.45, 7) is -0.473. The van der Waals surface area contributed by atoms with Crippen LogP contribution in [0.25, 0.3) is 0 Å². The van der Waals surface area contributed by atoms with Gasteiger partial charge < -0.3 is 10.2 Å². The maximum Gasteiger partial charge on any atom is 0.246 e. The van der Waals surface area contributed by atoms with Crippen LogP contribution in [0, 0.1) is 17.5 Å². The van der Waals surface area contributed by atoms with Crippen LogP contribution in [-0.2, 0) is 4.79 Å². The molecule has 2 aromatic rings. The molecule has 0 saturated heterocycles. The van der Waals surface area contributed by atoms with Gasteiger partial charge >= 0.3 is 0 Å². The van der Waals surface area contributed by atoms with Gasteiger partial charge in [0.2, 0.25) is 5.91 Å². The van der Waals surface area contributed by atoms with E-state index in [4.69, 9.17) is 0 Å². The molecule has 1 aliphatic rings. The molecular weight excluding hydrogens is 309 g/mol. The van der Waals surface area contributed by atoms with Crippen molar-refractivity contribution in [2.75, 3.05) is 23.3 Å². The van der Waals surface area contributed by atoms with Crippen molar-refractivity contribution in [3.8, 4) is 0 Å². The van der Waals surface area contributed by atoms with Crippen molar-refractivity contribution in [1.82, 2.24) is 0 Å². The Hall–Kier alpha value is -2.83. The highest BCUT2D eigenvalue weighted by Gasteiger charge is 2.27.